The molecule has 58 heavy (non-hydrogen) atoms. The van der Waals surface area contributed by atoms with Crippen LogP contribution in [0.3, 0.4) is 0 Å². The highest BCUT2D eigenvalue weighted by atomic mass is 79.9. The number of hydrogen-bond donors (Lipinski definition) is 4. The fourth-order valence-electron chi connectivity index (χ4n) is 7.01. The average molecular weight is 874 g/mol. The van der Waals surface area contributed by atoms with Crippen molar-refractivity contribution < 1.29 is 48.0 Å². The van der Waals surface area contributed by atoms with E-state index in [2.05, 4.69) is 50.1 Å². The maximum Gasteiger partial charge on any atom is 0.303 e. The van der Waals surface area contributed by atoms with Crippen LogP contribution in [0.2, 0.25) is 0 Å². The van der Waals surface area contributed by atoms with E-state index in [9.17, 15) is 24.3 Å². The fraction of sp³-hybridized carbons (Fsp3) is 0.605. The van der Waals surface area contributed by atoms with Gasteiger partial charge < -0.3 is 39.4 Å². The number of unbranched alkanes of at least 4 members (excludes halogenated alkanes) is 2. The molecule has 1 aromatic carbocycles. The van der Waals surface area contributed by atoms with Crippen LogP contribution in [0.1, 0.15) is 92.1 Å². The van der Waals surface area contributed by atoms with E-state index in [1.807, 2.05) is 57.2 Å². The fourth-order valence-corrected chi connectivity index (χ4v) is 7.21. The number of nitrogens with one attached hydrogen (secondary N) is 3. The summed E-state index contributed by atoms with van der Waals surface area (Å²) in [6.45, 7) is 12.5. The number of carbonyl (C=O) groups is 4. The summed E-state index contributed by atoms with van der Waals surface area (Å²) in [7, 11) is 0. The lowest BCUT2D eigenvalue weighted by molar-refractivity contribution is -0.145. The summed E-state index contributed by atoms with van der Waals surface area (Å²) in [5.41, 5.74) is 4.37. The Hall–Kier alpha value is -3.89. The van der Waals surface area contributed by atoms with Gasteiger partial charge in [-0.3, -0.25) is 19.2 Å². The number of rotatable bonds is 20. The Balaban J connectivity index is 1.20. The van der Waals surface area contributed by atoms with Gasteiger partial charge in [0.15, 0.2) is 0 Å². The van der Waals surface area contributed by atoms with Crippen LogP contribution < -0.4 is 20.8 Å². The molecular weight excluding hydrogens is 812 g/mol. The molecule has 4 rings (SSSR count). The molecule has 15 heteroatoms. The number of ether oxygens (including phenoxy) is 5. The van der Waals surface area contributed by atoms with Gasteiger partial charge in [-0.25, -0.2) is 5.43 Å². The third-order valence-corrected chi connectivity index (χ3v) is 11.0. The number of halogens is 1. The quantitative estimate of drug-likeness (QED) is 0.0204. The van der Waals surface area contributed by atoms with Gasteiger partial charge in [-0.2, -0.15) is 5.10 Å². The monoisotopic (exact) mass is 872 g/mol. The van der Waals surface area contributed by atoms with Crippen LogP contribution in [0.15, 0.2) is 65.3 Å². The number of nitrogens with zero attached hydrogens (tertiary/aromatic N) is 1. The van der Waals surface area contributed by atoms with Gasteiger partial charge in [-0.1, -0.05) is 46.7 Å². The van der Waals surface area contributed by atoms with Crippen LogP contribution in [0, 0.1) is 5.92 Å². The van der Waals surface area contributed by atoms with Crippen molar-refractivity contribution in [3.63, 3.8) is 0 Å². The summed E-state index contributed by atoms with van der Waals surface area (Å²) >= 11 is 3.13. The van der Waals surface area contributed by atoms with Crippen LogP contribution in [-0.4, -0.2) is 108 Å². The Morgan fingerprint density at radius 2 is 1.79 bits per heavy atom. The summed E-state index contributed by atoms with van der Waals surface area (Å²) in [6.07, 6.45) is 10.7. The maximum absolute atomic E-state index is 13.0. The maximum atomic E-state index is 13.0. The van der Waals surface area contributed by atoms with Crippen LogP contribution in [-0.2, 0) is 38.1 Å². The van der Waals surface area contributed by atoms with Crippen molar-refractivity contribution in [1.29, 1.82) is 0 Å². The van der Waals surface area contributed by atoms with Crippen molar-refractivity contribution in [2.24, 2.45) is 11.0 Å². The topological polar surface area (TPSA) is 186 Å². The van der Waals surface area contributed by atoms with Crippen LogP contribution in [0.4, 0.5) is 0 Å². The molecule has 4 N–H and O–H groups in total. The van der Waals surface area contributed by atoms with E-state index >= 15 is 0 Å². The van der Waals surface area contributed by atoms with E-state index in [4.69, 9.17) is 23.7 Å². The second-order valence-corrected chi connectivity index (χ2v) is 16.1. The number of epoxide rings is 1. The third-order valence-electron chi connectivity index (χ3n) is 10.5. The van der Waals surface area contributed by atoms with Crippen molar-refractivity contribution in [3.8, 4) is 5.75 Å². The van der Waals surface area contributed by atoms with Gasteiger partial charge in [0.1, 0.15) is 29.7 Å². The van der Waals surface area contributed by atoms with Crippen molar-refractivity contribution >= 4 is 45.3 Å². The molecule has 1 spiro atoms. The molecule has 3 saturated heterocycles. The van der Waals surface area contributed by atoms with Gasteiger partial charge in [0.25, 0.3) is 0 Å². The van der Waals surface area contributed by atoms with Gasteiger partial charge in [0, 0.05) is 26.0 Å². The highest BCUT2D eigenvalue weighted by Gasteiger charge is 2.58. The third kappa shape index (κ3) is 15.4. The summed E-state index contributed by atoms with van der Waals surface area (Å²) in [5.74, 6) is -0.0456. The zero-order chi connectivity index (χ0) is 42.2. The number of alkyl halides is 1. The lowest BCUT2D eigenvalue weighted by Gasteiger charge is -2.39. The summed E-state index contributed by atoms with van der Waals surface area (Å²) in [4.78, 5) is 47.8. The Morgan fingerprint density at radius 1 is 1.05 bits per heavy atom. The summed E-state index contributed by atoms with van der Waals surface area (Å²) < 4.78 is 29.1. The molecule has 0 saturated carbocycles. The molecule has 1 aromatic rings. The molecule has 3 heterocycles. The second-order valence-electron chi connectivity index (χ2n) is 15.5. The molecule has 0 unspecified atom stereocenters. The first-order chi connectivity index (χ1) is 27.7. The Labute approximate surface area is 350 Å². The van der Waals surface area contributed by atoms with Gasteiger partial charge in [-0.05, 0) is 102 Å². The number of hydrazone groups is 1. The number of benzene rings is 1. The second kappa shape index (κ2) is 23.0. The molecule has 3 fully saturated rings. The van der Waals surface area contributed by atoms with Crippen molar-refractivity contribution in [2.75, 3.05) is 25.1 Å². The predicted octanol–water partition coefficient (Wildman–Crippen LogP) is 4.96. The molecule has 320 valence electrons. The lowest BCUT2D eigenvalue weighted by Crippen LogP contribution is -2.50. The number of hydrogen-bond acceptors (Lipinski definition) is 11. The molecule has 9 atom stereocenters. The normalized spacial score (nSPS) is 28.0. The van der Waals surface area contributed by atoms with Crippen LogP contribution >= 0.6 is 15.9 Å². The molecule has 3 amide bonds. The van der Waals surface area contributed by atoms with Gasteiger partial charge in [-0.15, -0.1) is 0 Å². The molecule has 0 aliphatic carbocycles. The minimum Gasteiger partial charge on any atom is -0.494 e. The Morgan fingerprint density at radius 3 is 2.48 bits per heavy atom. The molecule has 0 bridgehead atoms. The minimum absolute atomic E-state index is 0.0107. The minimum atomic E-state index is -0.865. The zero-order valence-electron chi connectivity index (χ0n) is 34.5. The van der Waals surface area contributed by atoms with Crippen molar-refractivity contribution in [3.05, 3.63) is 65.8 Å². The lowest BCUT2D eigenvalue weighted by atomic mass is 9.87. The highest BCUT2D eigenvalue weighted by molar-refractivity contribution is 9.09. The molecule has 14 nitrogen and oxygen atoms in total. The summed E-state index contributed by atoms with van der Waals surface area (Å²) in [6, 6.07) is 7.37. The van der Waals surface area contributed by atoms with E-state index < -0.39 is 36.0 Å². The molecule has 0 radical (unpaired) electrons. The van der Waals surface area contributed by atoms with Gasteiger partial charge >= 0.3 is 5.97 Å². The average Bonchev–Trinajstić information content (AvgIpc) is 3.96. The Kier molecular flexibility index (Phi) is 18.6. The zero-order valence-corrected chi connectivity index (χ0v) is 36.1. The largest absolute Gasteiger partial charge is 0.494 e. The summed E-state index contributed by atoms with van der Waals surface area (Å²) in [5, 5.41) is 21.6. The number of allylic oxidation sites excluding steroid dienone is 2. The predicted molar refractivity (Wildman–Crippen MR) is 223 cm³/mol. The number of esters is 1. The van der Waals surface area contributed by atoms with Crippen molar-refractivity contribution in [1.82, 2.24) is 16.1 Å². The van der Waals surface area contributed by atoms with Crippen LogP contribution in [0.25, 0.3) is 0 Å². The van der Waals surface area contributed by atoms with E-state index in [-0.39, 0.29) is 48.3 Å². The van der Waals surface area contributed by atoms with Gasteiger partial charge in [0.2, 0.25) is 17.7 Å². The first-order valence-electron chi connectivity index (χ1n) is 20.2. The van der Waals surface area contributed by atoms with E-state index in [1.165, 1.54) is 13.0 Å². The SMILES string of the molecule is CC(=O)O[C@@H](C)C=CC(=O)N[C@@H]1C[C@H](C)[C@H](CC=C(C)C=C[C@H]2O[C@H](CC(=O)NN=C(C)c3ccc(OCCCCCNC(=O)CBr)cc3)C[C@@]3(CO3)[C@@H]2O)O[C@@H]1C. The Bertz CT molecular complexity index is 1660. The molecule has 3 aliphatic heterocycles. The smallest absolute Gasteiger partial charge is 0.303 e. The standard InChI is InChI=1S/C43H61BrN4O10/c1-27(10-17-37-28(2)22-36(31(5)57-37)46-39(50)19-12-29(3)56-32(6)49)11-18-38-42(53)43(26-55-43)24-35(58-38)23-40(51)48-47-30(4)33-13-15-34(16-14-33)54-21-9-7-8-20-45-41(52)25-44/h10-16,18-19,28-29,31,35-38,42,53H,7-9,17,20-26H2,1-6H3,(H,45,52)(H,46,50)(H,48,51)/t28-,29-,31+,35+,36+,37-,38+,42+,43+/m0/s1. The van der Waals surface area contributed by atoms with Gasteiger partial charge in [0.05, 0.1) is 55.0 Å². The highest BCUT2D eigenvalue weighted by Crippen LogP contribution is 2.43. The molecule has 3 aliphatic rings. The molecular formula is C43H61BrN4O10. The first-order valence-corrected chi connectivity index (χ1v) is 21.3. The van der Waals surface area contributed by atoms with E-state index in [0.29, 0.717) is 43.6 Å². The first kappa shape index (κ1) is 46.8. The number of aliphatic hydroxyl groups excluding tert-OH is 1. The van der Waals surface area contributed by atoms with E-state index in [1.54, 1.807) is 13.0 Å². The van der Waals surface area contributed by atoms with Crippen LogP contribution in [0.5, 0.6) is 5.75 Å². The number of amides is 3. The van der Waals surface area contributed by atoms with E-state index in [0.717, 1.165) is 42.6 Å². The van der Waals surface area contributed by atoms with Crippen molar-refractivity contribution in [2.45, 2.75) is 135 Å². The molecule has 0 aromatic heterocycles. The number of aliphatic hydroxyl groups is 1. The number of carbonyl (C=O) groups excluding carboxylic acids is 4.